The fraction of sp³-hybridized carbons (Fsp3) is 0.316. The molecule has 0 atom stereocenters. The fourth-order valence-electron chi connectivity index (χ4n) is 3.06. The third-order valence-corrected chi connectivity index (χ3v) is 5.24. The first-order valence-electron chi connectivity index (χ1n) is 8.64. The molecule has 2 aromatic rings. The van der Waals surface area contributed by atoms with Crippen LogP contribution in [0.5, 0.6) is 0 Å². The van der Waals surface area contributed by atoms with Gasteiger partial charge < -0.3 is 4.90 Å². The average molecular weight is 408 g/mol. The topological polar surface area (TPSA) is 69.7 Å². The van der Waals surface area contributed by atoms with Gasteiger partial charge in [0, 0.05) is 49.0 Å². The summed E-state index contributed by atoms with van der Waals surface area (Å²) < 4.78 is 25.0. The summed E-state index contributed by atoms with van der Waals surface area (Å²) in [5.74, 6) is 0.00773. The molecule has 1 aliphatic rings. The lowest BCUT2D eigenvalue weighted by Crippen LogP contribution is -2.48. The van der Waals surface area contributed by atoms with Gasteiger partial charge in [0.2, 0.25) is 10.0 Å². The maximum Gasteiger partial charge on any atom is 0.253 e. The zero-order chi connectivity index (χ0) is 19.4. The number of carbonyl (C=O) groups is 1. The van der Waals surface area contributed by atoms with Crippen molar-refractivity contribution in [1.29, 1.82) is 0 Å². The van der Waals surface area contributed by atoms with E-state index >= 15 is 0 Å². The van der Waals surface area contributed by atoms with E-state index in [2.05, 4.69) is 9.62 Å². The lowest BCUT2D eigenvalue weighted by molar-refractivity contribution is 0.0628. The van der Waals surface area contributed by atoms with E-state index in [0.717, 1.165) is 31.5 Å². The van der Waals surface area contributed by atoms with Crippen LogP contribution in [-0.4, -0.2) is 56.6 Å². The predicted octanol–water partition coefficient (Wildman–Crippen LogP) is 2.67. The normalized spacial score (nSPS) is 15.6. The molecular weight excluding hydrogens is 386 g/mol. The predicted molar refractivity (Wildman–Crippen MR) is 108 cm³/mol. The molecule has 1 heterocycles. The van der Waals surface area contributed by atoms with Gasteiger partial charge in [0.15, 0.2) is 0 Å². The van der Waals surface area contributed by atoms with Gasteiger partial charge in [-0.25, -0.2) is 8.42 Å². The van der Waals surface area contributed by atoms with Crippen LogP contribution in [0.4, 0.5) is 5.69 Å². The van der Waals surface area contributed by atoms with E-state index in [-0.39, 0.29) is 5.91 Å². The summed E-state index contributed by atoms with van der Waals surface area (Å²) in [5, 5.41) is 0.563. The van der Waals surface area contributed by atoms with Crippen LogP contribution < -0.4 is 4.72 Å². The summed E-state index contributed by atoms with van der Waals surface area (Å²) in [6.07, 6.45) is 1.13. The van der Waals surface area contributed by atoms with Crippen molar-refractivity contribution in [3.63, 3.8) is 0 Å². The summed E-state index contributed by atoms with van der Waals surface area (Å²) in [5.41, 5.74) is 2.27. The number of hydrogen-bond donors (Lipinski definition) is 1. The van der Waals surface area contributed by atoms with Crippen LogP contribution in [0.1, 0.15) is 15.9 Å². The molecule has 0 radical (unpaired) electrons. The molecule has 1 N–H and O–H groups in total. The zero-order valence-corrected chi connectivity index (χ0v) is 16.6. The fourth-order valence-corrected chi connectivity index (χ4v) is 3.82. The summed E-state index contributed by atoms with van der Waals surface area (Å²) >= 11 is 5.97. The van der Waals surface area contributed by atoms with E-state index in [4.69, 9.17) is 11.6 Å². The number of rotatable bonds is 5. The van der Waals surface area contributed by atoms with Gasteiger partial charge in [-0.15, -0.1) is 0 Å². The SMILES string of the molecule is CS(=O)(=O)Nc1ccc(CN2CCN(C(=O)c3cccc(Cl)c3)CC2)cc1. The Labute approximate surface area is 164 Å². The molecule has 144 valence electrons. The first-order chi connectivity index (χ1) is 12.8. The molecule has 0 unspecified atom stereocenters. The second-order valence-corrected chi connectivity index (χ2v) is 8.83. The van der Waals surface area contributed by atoms with Gasteiger partial charge in [-0.3, -0.25) is 14.4 Å². The minimum Gasteiger partial charge on any atom is -0.336 e. The van der Waals surface area contributed by atoms with E-state index in [1.54, 1.807) is 36.4 Å². The molecule has 0 bridgehead atoms. The van der Waals surface area contributed by atoms with Crippen molar-refractivity contribution in [2.45, 2.75) is 6.54 Å². The van der Waals surface area contributed by atoms with Gasteiger partial charge in [-0.1, -0.05) is 29.8 Å². The standard InChI is InChI=1S/C19H22ClN3O3S/c1-27(25,26)21-18-7-5-15(6-8-18)14-22-9-11-23(12-10-22)19(24)16-3-2-4-17(20)13-16/h2-8,13,21H,9-12,14H2,1H3. The molecule has 27 heavy (non-hydrogen) atoms. The largest absolute Gasteiger partial charge is 0.336 e. The minimum atomic E-state index is -3.26. The Balaban J connectivity index is 1.53. The first kappa shape index (κ1) is 19.7. The number of anilines is 1. The van der Waals surface area contributed by atoms with Crippen molar-refractivity contribution in [2.75, 3.05) is 37.2 Å². The number of nitrogens with one attached hydrogen (secondary N) is 1. The van der Waals surface area contributed by atoms with Crippen LogP contribution in [0.15, 0.2) is 48.5 Å². The monoisotopic (exact) mass is 407 g/mol. The number of halogens is 1. The lowest BCUT2D eigenvalue weighted by Gasteiger charge is -2.34. The van der Waals surface area contributed by atoms with Crippen molar-refractivity contribution in [3.05, 3.63) is 64.7 Å². The molecule has 2 aromatic carbocycles. The lowest BCUT2D eigenvalue weighted by atomic mass is 10.1. The maximum atomic E-state index is 12.6. The van der Waals surface area contributed by atoms with Crippen LogP contribution in [0, 0.1) is 0 Å². The van der Waals surface area contributed by atoms with Gasteiger partial charge in [-0.2, -0.15) is 0 Å². The molecule has 1 saturated heterocycles. The number of nitrogens with zero attached hydrogens (tertiary/aromatic N) is 2. The van der Waals surface area contributed by atoms with Crippen molar-refractivity contribution in [3.8, 4) is 0 Å². The Morgan fingerprint density at radius 3 is 2.33 bits per heavy atom. The van der Waals surface area contributed by atoms with E-state index in [0.29, 0.717) is 29.4 Å². The van der Waals surface area contributed by atoms with E-state index in [1.165, 1.54) is 0 Å². The minimum absolute atomic E-state index is 0.00773. The molecule has 0 saturated carbocycles. The smallest absolute Gasteiger partial charge is 0.253 e. The van der Waals surface area contributed by atoms with Gasteiger partial charge in [0.05, 0.1) is 6.26 Å². The number of carbonyl (C=O) groups excluding carboxylic acids is 1. The second kappa shape index (κ2) is 8.29. The Morgan fingerprint density at radius 1 is 1.07 bits per heavy atom. The summed E-state index contributed by atoms with van der Waals surface area (Å²) in [4.78, 5) is 16.7. The highest BCUT2D eigenvalue weighted by atomic mass is 35.5. The van der Waals surface area contributed by atoms with E-state index in [9.17, 15) is 13.2 Å². The quantitative estimate of drug-likeness (QED) is 0.827. The van der Waals surface area contributed by atoms with Crippen molar-refractivity contribution in [1.82, 2.24) is 9.80 Å². The molecule has 1 fully saturated rings. The van der Waals surface area contributed by atoms with Crippen molar-refractivity contribution in [2.24, 2.45) is 0 Å². The Bertz CT molecular complexity index is 908. The van der Waals surface area contributed by atoms with Crippen LogP contribution in [0.3, 0.4) is 0 Å². The Kier molecular flexibility index (Phi) is 6.04. The van der Waals surface area contributed by atoms with E-state index < -0.39 is 10.0 Å². The van der Waals surface area contributed by atoms with Gasteiger partial charge in [-0.05, 0) is 35.9 Å². The molecule has 0 spiro atoms. The highest BCUT2D eigenvalue weighted by Crippen LogP contribution is 2.16. The van der Waals surface area contributed by atoms with Crippen LogP contribution in [0.25, 0.3) is 0 Å². The van der Waals surface area contributed by atoms with Crippen LogP contribution >= 0.6 is 11.6 Å². The first-order valence-corrected chi connectivity index (χ1v) is 10.9. The number of hydrogen-bond acceptors (Lipinski definition) is 4. The molecule has 1 aliphatic heterocycles. The molecule has 6 nitrogen and oxygen atoms in total. The number of benzene rings is 2. The third-order valence-electron chi connectivity index (χ3n) is 4.39. The average Bonchev–Trinajstić information content (AvgIpc) is 2.62. The molecule has 0 aliphatic carbocycles. The highest BCUT2D eigenvalue weighted by molar-refractivity contribution is 7.92. The van der Waals surface area contributed by atoms with Crippen molar-refractivity contribution >= 4 is 33.2 Å². The van der Waals surface area contributed by atoms with Crippen LogP contribution in [0.2, 0.25) is 5.02 Å². The van der Waals surface area contributed by atoms with Crippen molar-refractivity contribution < 1.29 is 13.2 Å². The molecule has 8 heteroatoms. The summed E-state index contributed by atoms with van der Waals surface area (Å²) in [6.45, 7) is 3.67. The van der Waals surface area contributed by atoms with Gasteiger partial charge in [0.25, 0.3) is 5.91 Å². The number of piperazine rings is 1. The Hall–Kier alpha value is -2.09. The highest BCUT2D eigenvalue weighted by Gasteiger charge is 2.22. The molecule has 0 aromatic heterocycles. The van der Waals surface area contributed by atoms with Crippen LogP contribution in [-0.2, 0) is 16.6 Å². The molecule has 3 rings (SSSR count). The summed E-state index contributed by atoms with van der Waals surface area (Å²) in [6, 6.07) is 14.4. The zero-order valence-electron chi connectivity index (χ0n) is 15.1. The number of amides is 1. The maximum absolute atomic E-state index is 12.6. The van der Waals surface area contributed by atoms with Gasteiger partial charge >= 0.3 is 0 Å². The third kappa shape index (κ3) is 5.69. The van der Waals surface area contributed by atoms with E-state index in [1.807, 2.05) is 17.0 Å². The second-order valence-electron chi connectivity index (χ2n) is 6.65. The number of sulfonamides is 1. The van der Waals surface area contributed by atoms with Gasteiger partial charge in [0.1, 0.15) is 0 Å². The Morgan fingerprint density at radius 2 is 1.74 bits per heavy atom. The molecule has 1 amide bonds. The summed E-state index contributed by atoms with van der Waals surface area (Å²) in [7, 11) is -3.26. The molecular formula is C19H22ClN3O3S.